The largest absolute Gasteiger partial charge is 0.496 e. The first kappa shape index (κ1) is 20.8. The van der Waals surface area contributed by atoms with Gasteiger partial charge < -0.3 is 15.0 Å². The summed E-state index contributed by atoms with van der Waals surface area (Å²) in [6, 6.07) is 24.2. The molecule has 1 N–H and O–H groups in total. The molecular weight excluding hydrogens is 414 g/mol. The number of methoxy groups -OCH3 is 1. The summed E-state index contributed by atoms with van der Waals surface area (Å²) >= 11 is 0. The van der Waals surface area contributed by atoms with Crippen molar-refractivity contribution in [2.24, 2.45) is 0 Å². The Morgan fingerprint density at radius 3 is 2.12 bits per heavy atom. The topological polar surface area (TPSA) is 61.9 Å². The number of rotatable bonds is 6. The number of benzene rings is 3. The molecule has 1 fully saturated rings. The van der Waals surface area contributed by atoms with Crippen LogP contribution in [0.2, 0.25) is 0 Å². The maximum atomic E-state index is 13.6. The van der Waals surface area contributed by atoms with Crippen LogP contribution < -0.4 is 19.9 Å². The van der Waals surface area contributed by atoms with Crippen molar-refractivity contribution in [3.63, 3.8) is 0 Å². The molecule has 0 atom stereocenters. The maximum absolute atomic E-state index is 13.6. The number of imide groups is 1. The smallest absolute Gasteiger partial charge is 0.282 e. The van der Waals surface area contributed by atoms with E-state index in [0.717, 1.165) is 24.5 Å². The highest BCUT2D eigenvalue weighted by Gasteiger charge is 2.41. The molecule has 0 radical (unpaired) electrons. The predicted octanol–water partition coefficient (Wildman–Crippen LogP) is 4.69. The first-order valence-corrected chi connectivity index (χ1v) is 11.1. The van der Waals surface area contributed by atoms with Crippen LogP contribution in [0.25, 0.3) is 5.57 Å². The Morgan fingerprint density at radius 2 is 1.42 bits per heavy atom. The lowest BCUT2D eigenvalue weighted by atomic mass is 10.0. The number of carbonyl (C=O) groups is 2. The molecule has 6 nitrogen and oxygen atoms in total. The van der Waals surface area contributed by atoms with Gasteiger partial charge in [0, 0.05) is 30.0 Å². The Kier molecular flexibility index (Phi) is 5.57. The molecule has 3 aromatic rings. The molecule has 2 amide bonds. The maximum Gasteiger partial charge on any atom is 0.282 e. The van der Waals surface area contributed by atoms with Crippen molar-refractivity contribution in [1.29, 1.82) is 0 Å². The highest BCUT2D eigenvalue weighted by molar-refractivity contribution is 6.46. The van der Waals surface area contributed by atoms with Crippen LogP contribution in [0.1, 0.15) is 18.4 Å². The van der Waals surface area contributed by atoms with Gasteiger partial charge in [-0.15, -0.1) is 0 Å². The van der Waals surface area contributed by atoms with Gasteiger partial charge in [-0.2, -0.15) is 0 Å². The zero-order chi connectivity index (χ0) is 22.8. The van der Waals surface area contributed by atoms with Gasteiger partial charge in [0.15, 0.2) is 0 Å². The van der Waals surface area contributed by atoms with Crippen molar-refractivity contribution >= 4 is 34.4 Å². The molecule has 3 aromatic carbocycles. The van der Waals surface area contributed by atoms with Crippen LogP contribution >= 0.6 is 0 Å². The van der Waals surface area contributed by atoms with Gasteiger partial charge in [0.25, 0.3) is 11.8 Å². The molecule has 0 bridgehead atoms. The normalized spacial score (nSPS) is 16.0. The SMILES string of the molecule is COc1ccccc1C1=C(Nc2ccc(N3CCCC3)cc2)C(=O)N(c2ccccc2)C1=O. The Bertz CT molecular complexity index is 1210. The molecule has 166 valence electrons. The van der Waals surface area contributed by atoms with Crippen LogP contribution in [-0.4, -0.2) is 32.0 Å². The summed E-state index contributed by atoms with van der Waals surface area (Å²) in [5.41, 5.74) is 3.55. The van der Waals surface area contributed by atoms with Crippen molar-refractivity contribution in [2.75, 3.05) is 35.3 Å². The van der Waals surface area contributed by atoms with E-state index in [0.29, 0.717) is 22.6 Å². The number of para-hydroxylation sites is 2. The highest BCUT2D eigenvalue weighted by atomic mass is 16.5. The number of anilines is 3. The Morgan fingerprint density at radius 1 is 0.758 bits per heavy atom. The van der Waals surface area contributed by atoms with E-state index in [-0.39, 0.29) is 11.6 Å². The molecule has 0 aliphatic carbocycles. The van der Waals surface area contributed by atoms with E-state index in [9.17, 15) is 9.59 Å². The minimum absolute atomic E-state index is 0.238. The van der Waals surface area contributed by atoms with E-state index in [1.54, 1.807) is 43.5 Å². The Balaban J connectivity index is 1.55. The van der Waals surface area contributed by atoms with Gasteiger partial charge in [0.1, 0.15) is 11.4 Å². The van der Waals surface area contributed by atoms with E-state index in [4.69, 9.17) is 4.74 Å². The molecule has 5 rings (SSSR count). The van der Waals surface area contributed by atoms with E-state index < -0.39 is 5.91 Å². The second kappa shape index (κ2) is 8.82. The number of hydrogen-bond donors (Lipinski definition) is 1. The standard InChI is InChI=1S/C27H25N3O3/c1-33-23-12-6-5-11-22(23)24-25(27(32)30(26(24)31)21-9-3-2-4-10-21)28-19-13-15-20(16-14-19)29-17-7-8-18-29/h2-6,9-16,28H,7-8,17-18H2,1H3. The molecule has 0 saturated carbocycles. The molecule has 33 heavy (non-hydrogen) atoms. The second-order valence-electron chi connectivity index (χ2n) is 8.10. The lowest BCUT2D eigenvalue weighted by Crippen LogP contribution is -2.32. The molecule has 1 saturated heterocycles. The number of carbonyl (C=O) groups excluding carboxylic acids is 2. The Hall–Kier alpha value is -4.06. The molecule has 0 aromatic heterocycles. The van der Waals surface area contributed by atoms with Crippen molar-refractivity contribution in [3.05, 3.63) is 90.1 Å². The fourth-order valence-corrected chi connectivity index (χ4v) is 4.43. The molecular formula is C27H25N3O3. The van der Waals surface area contributed by atoms with Crippen LogP contribution in [0.3, 0.4) is 0 Å². The van der Waals surface area contributed by atoms with Gasteiger partial charge in [-0.3, -0.25) is 9.59 Å². The third-order valence-corrected chi connectivity index (χ3v) is 6.08. The van der Waals surface area contributed by atoms with E-state index in [2.05, 4.69) is 10.2 Å². The number of nitrogens with one attached hydrogen (secondary N) is 1. The van der Waals surface area contributed by atoms with Crippen LogP contribution in [0, 0.1) is 0 Å². The number of hydrogen-bond acceptors (Lipinski definition) is 5. The lowest BCUT2D eigenvalue weighted by Gasteiger charge is -2.18. The molecule has 2 aliphatic heterocycles. The monoisotopic (exact) mass is 439 g/mol. The number of amides is 2. The number of ether oxygens (including phenoxy) is 1. The molecule has 6 heteroatoms. The van der Waals surface area contributed by atoms with Crippen LogP contribution in [0.4, 0.5) is 17.1 Å². The highest BCUT2D eigenvalue weighted by Crippen LogP contribution is 2.37. The summed E-state index contributed by atoms with van der Waals surface area (Å²) in [7, 11) is 1.56. The van der Waals surface area contributed by atoms with Crippen molar-refractivity contribution in [1.82, 2.24) is 0 Å². The van der Waals surface area contributed by atoms with Crippen molar-refractivity contribution < 1.29 is 14.3 Å². The summed E-state index contributed by atoms with van der Waals surface area (Å²) in [5.74, 6) is -0.241. The van der Waals surface area contributed by atoms with Crippen molar-refractivity contribution in [3.8, 4) is 5.75 Å². The summed E-state index contributed by atoms with van der Waals surface area (Å²) in [5, 5.41) is 3.23. The average Bonchev–Trinajstić information content (AvgIpc) is 3.47. The van der Waals surface area contributed by atoms with Crippen LogP contribution in [0.5, 0.6) is 5.75 Å². The zero-order valence-electron chi connectivity index (χ0n) is 18.5. The van der Waals surface area contributed by atoms with E-state index in [1.165, 1.54) is 17.7 Å². The van der Waals surface area contributed by atoms with Gasteiger partial charge in [-0.05, 0) is 55.3 Å². The minimum Gasteiger partial charge on any atom is -0.496 e. The third-order valence-electron chi connectivity index (χ3n) is 6.08. The number of nitrogens with zero attached hydrogens (tertiary/aromatic N) is 2. The molecule has 0 spiro atoms. The van der Waals surface area contributed by atoms with Crippen molar-refractivity contribution in [2.45, 2.75) is 12.8 Å². The van der Waals surface area contributed by atoms with E-state index >= 15 is 0 Å². The van der Waals surface area contributed by atoms with Gasteiger partial charge >= 0.3 is 0 Å². The fraction of sp³-hybridized carbons (Fsp3) is 0.185. The second-order valence-corrected chi connectivity index (χ2v) is 8.10. The Labute approximate surface area is 193 Å². The van der Waals surface area contributed by atoms with Gasteiger partial charge in [-0.25, -0.2) is 4.90 Å². The van der Waals surface area contributed by atoms with Gasteiger partial charge in [-0.1, -0.05) is 36.4 Å². The zero-order valence-corrected chi connectivity index (χ0v) is 18.5. The van der Waals surface area contributed by atoms with Gasteiger partial charge in [0.2, 0.25) is 0 Å². The first-order valence-electron chi connectivity index (χ1n) is 11.1. The van der Waals surface area contributed by atoms with E-state index in [1.807, 2.05) is 42.5 Å². The quantitative estimate of drug-likeness (QED) is 0.565. The van der Waals surface area contributed by atoms with Gasteiger partial charge in [0.05, 0.1) is 18.4 Å². The summed E-state index contributed by atoms with van der Waals surface area (Å²) in [6.45, 7) is 2.13. The lowest BCUT2D eigenvalue weighted by molar-refractivity contribution is -0.120. The molecule has 2 aliphatic rings. The third kappa shape index (κ3) is 3.84. The van der Waals surface area contributed by atoms with Crippen LogP contribution in [0.15, 0.2) is 84.6 Å². The average molecular weight is 440 g/mol. The fourth-order valence-electron chi connectivity index (χ4n) is 4.43. The summed E-state index contributed by atoms with van der Waals surface area (Å²) in [4.78, 5) is 30.6. The molecule has 0 unspecified atom stereocenters. The molecule has 2 heterocycles. The first-order chi connectivity index (χ1) is 16.2. The predicted molar refractivity (Wildman–Crippen MR) is 130 cm³/mol. The minimum atomic E-state index is -0.393. The summed E-state index contributed by atoms with van der Waals surface area (Å²) < 4.78 is 5.50. The summed E-state index contributed by atoms with van der Waals surface area (Å²) in [6.07, 6.45) is 2.42. The van der Waals surface area contributed by atoms with Crippen LogP contribution in [-0.2, 0) is 9.59 Å².